The average molecular weight is 340 g/mol. The van der Waals surface area contributed by atoms with E-state index < -0.39 is 29.8 Å². The Bertz CT molecular complexity index is 477. The molecule has 1 fully saturated rings. The minimum absolute atomic E-state index is 0.375. The molecule has 0 spiro atoms. The van der Waals surface area contributed by atoms with Crippen LogP contribution in [0.15, 0.2) is 23.1 Å². The van der Waals surface area contributed by atoms with E-state index in [0.717, 1.165) is 4.90 Å². The number of ether oxygens (including phenoxy) is 1. The van der Waals surface area contributed by atoms with Gasteiger partial charge in [-0.1, -0.05) is 35.0 Å². The van der Waals surface area contributed by atoms with Crippen LogP contribution in [0.1, 0.15) is 0 Å². The maximum Gasteiger partial charge on any atom is 0.135 e. The Kier molecular flexibility index (Phi) is 5.56. The molecule has 20 heavy (non-hydrogen) atoms. The summed E-state index contributed by atoms with van der Waals surface area (Å²) in [6.07, 6.45) is -3.00. The number of thioether (sulfide) groups is 1. The summed E-state index contributed by atoms with van der Waals surface area (Å²) in [5.74, 6) is 0. The van der Waals surface area contributed by atoms with Crippen LogP contribution in [0.25, 0.3) is 0 Å². The van der Waals surface area contributed by atoms with Gasteiger partial charge in [-0.25, -0.2) is 0 Å². The molecular formula is C12H15Cl2NO4S. The van der Waals surface area contributed by atoms with Crippen LogP contribution in [0.4, 0.5) is 0 Å². The Labute approximate surface area is 130 Å². The molecule has 2 rings (SSSR count). The van der Waals surface area contributed by atoms with Crippen LogP contribution in [0, 0.1) is 0 Å². The van der Waals surface area contributed by atoms with Crippen molar-refractivity contribution in [2.75, 3.05) is 6.61 Å². The molecular weight excluding hydrogens is 325 g/mol. The van der Waals surface area contributed by atoms with Gasteiger partial charge in [0.1, 0.15) is 23.7 Å². The molecule has 1 aliphatic rings. The number of aliphatic hydroxyl groups is 3. The van der Waals surface area contributed by atoms with Gasteiger partial charge in [0.05, 0.1) is 22.7 Å². The standard InChI is InChI=1S/C12H15Cl2NO4S/c13-6-2-1-5(3-7(6)14)20-12-11(18)9(15)10(17)8(4-16)19-12/h1-3,8-12,16-18H,4,15H2. The molecule has 8 heteroatoms. The Hall–Kier alpha value is -0.0500. The highest BCUT2D eigenvalue weighted by atomic mass is 35.5. The minimum Gasteiger partial charge on any atom is -0.394 e. The molecule has 1 aliphatic heterocycles. The minimum atomic E-state index is -1.11. The number of aliphatic hydroxyl groups excluding tert-OH is 3. The Morgan fingerprint density at radius 3 is 2.50 bits per heavy atom. The highest BCUT2D eigenvalue weighted by Gasteiger charge is 2.42. The molecule has 1 saturated heterocycles. The van der Waals surface area contributed by atoms with Crippen LogP contribution in [0.3, 0.4) is 0 Å². The Morgan fingerprint density at radius 2 is 1.90 bits per heavy atom. The van der Waals surface area contributed by atoms with Crippen LogP contribution in [0.5, 0.6) is 0 Å². The predicted octanol–water partition coefficient (Wildman–Crippen LogP) is 0.852. The van der Waals surface area contributed by atoms with E-state index in [1.165, 1.54) is 11.8 Å². The van der Waals surface area contributed by atoms with Crippen molar-refractivity contribution in [1.82, 2.24) is 0 Å². The lowest BCUT2D eigenvalue weighted by atomic mass is 9.98. The third kappa shape index (κ3) is 3.40. The van der Waals surface area contributed by atoms with E-state index in [2.05, 4.69) is 0 Å². The zero-order valence-corrected chi connectivity index (χ0v) is 12.6. The highest BCUT2D eigenvalue weighted by molar-refractivity contribution is 7.99. The topological polar surface area (TPSA) is 95.9 Å². The maximum atomic E-state index is 10.0. The quantitative estimate of drug-likeness (QED) is 0.652. The SMILES string of the molecule is NC1C(O)C(CO)OC(Sc2ccc(Cl)c(Cl)c2)C1O. The van der Waals surface area contributed by atoms with Gasteiger partial charge in [-0.2, -0.15) is 0 Å². The molecule has 0 amide bonds. The molecule has 1 aromatic carbocycles. The van der Waals surface area contributed by atoms with Gasteiger partial charge in [-0.15, -0.1) is 0 Å². The van der Waals surface area contributed by atoms with Crippen molar-refractivity contribution in [1.29, 1.82) is 0 Å². The van der Waals surface area contributed by atoms with Crippen LogP contribution in [-0.4, -0.2) is 51.7 Å². The molecule has 5 unspecified atom stereocenters. The lowest BCUT2D eigenvalue weighted by Crippen LogP contribution is -2.61. The van der Waals surface area contributed by atoms with Crippen molar-refractivity contribution < 1.29 is 20.1 Å². The number of halogens is 2. The van der Waals surface area contributed by atoms with Crippen molar-refractivity contribution >= 4 is 35.0 Å². The van der Waals surface area contributed by atoms with Crippen molar-refractivity contribution in [3.63, 3.8) is 0 Å². The Balaban J connectivity index is 2.13. The smallest absolute Gasteiger partial charge is 0.135 e. The average Bonchev–Trinajstić information content (AvgIpc) is 2.43. The van der Waals surface area contributed by atoms with Gasteiger partial charge in [0.2, 0.25) is 0 Å². The normalized spacial score (nSPS) is 34.2. The molecule has 0 saturated carbocycles. The van der Waals surface area contributed by atoms with E-state index in [-0.39, 0.29) is 6.61 Å². The number of hydrogen-bond acceptors (Lipinski definition) is 6. The number of hydrogen-bond donors (Lipinski definition) is 4. The van der Waals surface area contributed by atoms with Gasteiger partial charge >= 0.3 is 0 Å². The lowest BCUT2D eigenvalue weighted by molar-refractivity contribution is -0.160. The summed E-state index contributed by atoms with van der Waals surface area (Å²) in [7, 11) is 0. The van der Waals surface area contributed by atoms with Gasteiger partial charge in [0.25, 0.3) is 0 Å². The van der Waals surface area contributed by atoms with Crippen molar-refractivity contribution in [3.8, 4) is 0 Å². The first-order valence-corrected chi connectivity index (χ1v) is 7.57. The third-order valence-electron chi connectivity index (χ3n) is 3.08. The summed E-state index contributed by atoms with van der Waals surface area (Å²) in [5, 5.41) is 29.8. The van der Waals surface area contributed by atoms with E-state index in [1.807, 2.05) is 0 Å². The summed E-state index contributed by atoms with van der Waals surface area (Å²) >= 11 is 13.0. The summed E-state index contributed by atoms with van der Waals surface area (Å²) < 4.78 is 5.46. The van der Waals surface area contributed by atoms with Gasteiger partial charge in [0.15, 0.2) is 0 Å². The summed E-state index contributed by atoms with van der Waals surface area (Å²) in [5.41, 5.74) is 5.03. The second-order valence-corrected chi connectivity index (χ2v) is 6.46. The van der Waals surface area contributed by atoms with Crippen LogP contribution in [-0.2, 0) is 4.74 Å². The van der Waals surface area contributed by atoms with Crippen LogP contribution >= 0.6 is 35.0 Å². The fourth-order valence-corrected chi connectivity index (χ4v) is 3.38. The second kappa shape index (κ2) is 6.81. The molecule has 0 aromatic heterocycles. The molecule has 0 radical (unpaired) electrons. The van der Waals surface area contributed by atoms with E-state index in [0.29, 0.717) is 10.0 Å². The summed E-state index contributed by atoms with van der Waals surface area (Å²) in [6.45, 7) is -0.375. The van der Waals surface area contributed by atoms with Gasteiger partial charge in [-0.3, -0.25) is 0 Å². The molecule has 5 atom stereocenters. The highest BCUT2D eigenvalue weighted by Crippen LogP contribution is 2.35. The summed E-state index contributed by atoms with van der Waals surface area (Å²) in [4.78, 5) is 0.740. The molecule has 0 aliphatic carbocycles. The second-order valence-electron chi connectivity index (χ2n) is 4.48. The van der Waals surface area contributed by atoms with E-state index in [9.17, 15) is 10.2 Å². The predicted molar refractivity (Wildman–Crippen MR) is 78.1 cm³/mol. The third-order valence-corrected chi connectivity index (χ3v) is 4.97. The fourth-order valence-electron chi connectivity index (χ4n) is 1.90. The summed E-state index contributed by atoms with van der Waals surface area (Å²) in [6, 6.07) is 4.13. The van der Waals surface area contributed by atoms with Gasteiger partial charge < -0.3 is 25.8 Å². The number of benzene rings is 1. The monoisotopic (exact) mass is 339 g/mol. The number of nitrogens with two attached hydrogens (primary N) is 1. The first-order chi connectivity index (χ1) is 9.43. The van der Waals surface area contributed by atoms with E-state index in [4.69, 9.17) is 38.8 Å². The zero-order valence-electron chi connectivity index (χ0n) is 10.3. The first kappa shape index (κ1) is 16.3. The maximum absolute atomic E-state index is 10.0. The number of rotatable bonds is 3. The first-order valence-electron chi connectivity index (χ1n) is 5.93. The molecule has 0 bridgehead atoms. The van der Waals surface area contributed by atoms with Gasteiger partial charge in [-0.05, 0) is 18.2 Å². The van der Waals surface area contributed by atoms with Crippen LogP contribution < -0.4 is 5.73 Å². The van der Waals surface area contributed by atoms with Crippen molar-refractivity contribution in [2.24, 2.45) is 5.73 Å². The molecule has 5 N–H and O–H groups in total. The van der Waals surface area contributed by atoms with E-state index in [1.54, 1.807) is 18.2 Å². The largest absolute Gasteiger partial charge is 0.394 e. The van der Waals surface area contributed by atoms with E-state index >= 15 is 0 Å². The molecule has 112 valence electrons. The fraction of sp³-hybridized carbons (Fsp3) is 0.500. The Morgan fingerprint density at radius 1 is 1.20 bits per heavy atom. The zero-order chi connectivity index (χ0) is 14.9. The van der Waals surface area contributed by atoms with Crippen molar-refractivity contribution in [3.05, 3.63) is 28.2 Å². The van der Waals surface area contributed by atoms with Crippen LogP contribution in [0.2, 0.25) is 10.0 Å². The van der Waals surface area contributed by atoms with Crippen molar-refractivity contribution in [2.45, 2.75) is 34.7 Å². The van der Waals surface area contributed by atoms with Gasteiger partial charge in [0, 0.05) is 4.90 Å². The molecule has 1 aromatic rings. The lowest BCUT2D eigenvalue weighted by Gasteiger charge is -2.40. The molecule has 1 heterocycles. The molecule has 5 nitrogen and oxygen atoms in total.